The first-order valence-electron chi connectivity index (χ1n) is 11.8. The number of fused-ring (bicyclic) bond motifs is 2. The minimum atomic E-state index is 0. The van der Waals surface area contributed by atoms with Gasteiger partial charge in [0.1, 0.15) is 0 Å². The number of anilines is 2. The van der Waals surface area contributed by atoms with Gasteiger partial charge in [-0.15, -0.1) is 12.4 Å². The molecular formula is C26H36ClN3OS. The molecule has 2 atom stereocenters. The fourth-order valence-electron chi connectivity index (χ4n) is 4.78. The third-order valence-corrected chi connectivity index (χ3v) is 7.51. The number of halogens is 1. The predicted octanol–water partition coefficient (Wildman–Crippen LogP) is 6.36. The Morgan fingerprint density at radius 1 is 1.06 bits per heavy atom. The standard InChI is InChI=1S/C26H35N3OS.ClH/c1-4-9-19(2)17-27-26(30)21-12-13-25-23(16-21)29(20(3)18-28-14-7-8-15-28)22-10-5-6-11-24(22)31-25;/h5-6,10-13,16,19-20H,4,7-9,14-15,17-18H2,1-3H3,(H,27,30);1H. The number of nitrogens with zero attached hydrogens (tertiary/aromatic N) is 2. The van der Waals surface area contributed by atoms with Crippen LogP contribution in [0.25, 0.3) is 0 Å². The van der Waals surface area contributed by atoms with Gasteiger partial charge in [-0.05, 0) is 75.5 Å². The number of benzene rings is 2. The molecule has 1 fully saturated rings. The number of carbonyl (C=O) groups excluding carboxylic acids is 1. The van der Waals surface area contributed by atoms with E-state index in [1.54, 1.807) is 11.8 Å². The topological polar surface area (TPSA) is 35.6 Å². The van der Waals surface area contributed by atoms with Crippen LogP contribution in [0.3, 0.4) is 0 Å². The number of hydrogen-bond acceptors (Lipinski definition) is 4. The van der Waals surface area contributed by atoms with Gasteiger partial charge in [0.2, 0.25) is 0 Å². The summed E-state index contributed by atoms with van der Waals surface area (Å²) in [7, 11) is 0. The van der Waals surface area contributed by atoms with Crippen molar-refractivity contribution in [3.8, 4) is 0 Å². The lowest BCUT2D eigenvalue weighted by Gasteiger charge is -2.39. The third-order valence-electron chi connectivity index (χ3n) is 6.38. The van der Waals surface area contributed by atoms with Gasteiger partial charge in [0.15, 0.2) is 0 Å². The molecule has 0 bridgehead atoms. The zero-order valence-corrected chi connectivity index (χ0v) is 21.1. The van der Waals surface area contributed by atoms with E-state index in [2.05, 4.69) is 72.3 Å². The number of para-hydroxylation sites is 1. The van der Waals surface area contributed by atoms with Gasteiger partial charge >= 0.3 is 0 Å². The van der Waals surface area contributed by atoms with E-state index in [-0.39, 0.29) is 18.3 Å². The van der Waals surface area contributed by atoms with Gasteiger partial charge in [0.25, 0.3) is 5.91 Å². The van der Waals surface area contributed by atoms with Crippen LogP contribution in [0.4, 0.5) is 11.4 Å². The Morgan fingerprint density at radius 3 is 2.53 bits per heavy atom. The molecule has 4 rings (SSSR count). The maximum Gasteiger partial charge on any atom is 0.251 e. The van der Waals surface area contributed by atoms with Crippen molar-refractivity contribution in [3.63, 3.8) is 0 Å². The first-order chi connectivity index (χ1) is 15.1. The second kappa shape index (κ2) is 11.4. The maximum absolute atomic E-state index is 12.9. The van der Waals surface area contributed by atoms with Crippen molar-refractivity contribution in [2.75, 3.05) is 31.1 Å². The van der Waals surface area contributed by atoms with Gasteiger partial charge in [-0.25, -0.2) is 0 Å². The predicted molar refractivity (Wildman–Crippen MR) is 138 cm³/mol. The molecule has 1 saturated heterocycles. The van der Waals surface area contributed by atoms with Crippen molar-refractivity contribution in [3.05, 3.63) is 48.0 Å². The Morgan fingerprint density at radius 2 is 1.78 bits per heavy atom. The summed E-state index contributed by atoms with van der Waals surface area (Å²) in [5.41, 5.74) is 3.16. The number of carbonyl (C=O) groups is 1. The smallest absolute Gasteiger partial charge is 0.251 e. The highest BCUT2D eigenvalue weighted by atomic mass is 35.5. The Bertz CT molecular complexity index is 916. The summed E-state index contributed by atoms with van der Waals surface area (Å²) < 4.78 is 0. The van der Waals surface area contributed by atoms with E-state index in [4.69, 9.17) is 0 Å². The molecule has 6 heteroatoms. The van der Waals surface area contributed by atoms with Gasteiger partial charge in [-0.3, -0.25) is 4.79 Å². The number of rotatable bonds is 8. The van der Waals surface area contributed by atoms with Crippen molar-refractivity contribution >= 4 is 41.5 Å². The maximum atomic E-state index is 12.9. The minimum absolute atomic E-state index is 0. The van der Waals surface area contributed by atoms with Crippen LogP contribution in [0.1, 0.15) is 56.8 Å². The molecule has 2 unspecified atom stereocenters. The van der Waals surface area contributed by atoms with Crippen LogP contribution in [0.15, 0.2) is 52.3 Å². The normalized spacial score (nSPS) is 17.2. The summed E-state index contributed by atoms with van der Waals surface area (Å²) in [4.78, 5) is 20.4. The molecule has 2 heterocycles. The van der Waals surface area contributed by atoms with E-state index in [9.17, 15) is 4.79 Å². The Kier molecular flexibility index (Phi) is 8.92. The molecular weight excluding hydrogens is 438 g/mol. The third kappa shape index (κ3) is 5.62. The molecule has 2 aliphatic rings. The van der Waals surface area contributed by atoms with Crippen LogP contribution >= 0.6 is 24.2 Å². The number of hydrogen-bond donors (Lipinski definition) is 1. The van der Waals surface area contributed by atoms with Gasteiger partial charge in [0, 0.05) is 34.5 Å². The van der Waals surface area contributed by atoms with E-state index >= 15 is 0 Å². The van der Waals surface area contributed by atoms with E-state index in [1.165, 1.54) is 41.4 Å². The molecule has 0 radical (unpaired) electrons. The number of likely N-dealkylation sites (tertiary alicyclic amines) is 1. The van der Waals surface area contributed by atoms with Gasteiger partial charge < -0.3 is 15.1 Å². The first kappa shape index (κ1) is 24.9. The van der Waals surface area contributed by atoms with Gasteiger partial charge in [-0.1, -0.05) is 44.2 Å². The first-order valence-corrected chi connectivity index (χ1v) is 12.6. The SMILES string of the molecule is CCCC(C)CNC(=O)c1ccc2c(c1)N(C(C)CN1CCCC1)c1ccccc1S2.Cl. The summed E-state index contributed by atoms with van der Waals surface area (Å²) >= 11 is 1.80. The molecule has 1 N–H and O–H groups in total. The lowest BCUT2D eigenvalue weighted by Crippen LogP contribution is -2.40. The van der Waals surface area contributed by atoms with Crippen LogP contribution < -0.4 is 10.2 Å². The highest BCUT2D eigenvalue weighted by Gasteiger charge is 2.29. The summed E-state index contributed by atoms with van der Waals surface area (Å²) in [5, 5.41) is 3.14. The van der Waals surface area contributed by atoms with Crippen molar-refractivity contribution in [2.24, 2.45) is 5.92 Å². The highest BCUT2D eigenvalue weighted by Crippen LogP contribution is 2.49. The molecule has 0 aromatic heterocycles. The van der Waals surface area contributed by atoms with Crippen molar-refractivity contribution < 1.29 is 4.79 Å². The van der Waals surface area contributed by atoms with Crippen molar-refractivity contribution in [1.82, 2.24) is 10.2 Å². The van der Waals surface area contributed by atoms with Crippen LogP contribution in [0.2, 0.25) is 0 Å². The number of amides is 1. The molecule has 174 valence electrons. The minimum Gasteiger partial charge on any atom is -0.352 e. The zero-order valence-electron chi connectivity index (χ0n) is 19.5. The summed E-state index contributed by atoms with van der Waals surface area (Å²) in [6.07, 6.45) is 4.89. The summed E-state index contributed by atoms with van der Waals surface area (Å²) in [5.74, 6) is 0.535. The fourth-order valence-corrected chi connectivity index (χ4v) is 5.84. The van der Waals surface area contributed by atoms with Crippen LogP contribution in [-0.2, 0) is 0 Å². The largest absolute Gasteiger partial charge is 0.352 e. The van der Waals surface area contributed by atoms with Crippen LogP contribution in [0.5, 0.6) is 0 Å². The molecule has 2 aromatic carbocycles. The average Bonchev–Trinajstić information content (AvgIpc) is 3.28. The van der Waals surface area contributed by atoms with Crippen LogP contribution in [-0.4, -0.2) is 43.0 Å². The molecule has 0 aliphatic carbocycles. The summed E-state index contributed by atoms with van der Waals surface area (Å²) in [6, 6.07) is 15.2. The van der Waals surface area contributed by atoms with E-state index in [1.807, 2.05) is 6.07 Å². The Balaban J connectivity index is 0.00000289. The summed E-state index contributed by atoms with van der Waals surface area (Å²) in [6.45, 7) is 10.9. The highest BCUT2D eigenvalue weighted by molar-refractivity contribution is 7.99. The Hall–Kier alpha value is -1.69. The molecule has 1 amide bonds. The molecule has 32 heavy (non-hydrogen) atoms. The molecule has 0 saturated carbocycles. The Labute approximate surface area is 203 Å². The lowest BCUT2D eigenvalue weighted by atomic mass is 10.1. The fraction of sp³-hybridized carbons (Fsp3) is 0.500. The average molecular weight is 474 g/mol. The lowest BCUT2D eigenvalue weighted by molar-refractivity contribution is 0.0947. The van der Waals surface area contributed by atoms with Gasteiger partial charge in [-0.2, -0.15) is 0 Å². The van der Waals surface area contributed by atoms with Crippen molar-refractivity contribution in [2.45, 2.75) is 62.3 Å². The quantitative estimate of drug-likeness (QED) is 0.483. The van der Waals surface area contributed by atoms with Crippen molar-refractivity contribution in [1.29, 1.82) is 0 Å². The molecule has 2 aromatic rings. The van der Waals surface area contributed by atoms with E-state index in [0.717, 1.165) is 37.2 Å². The van der Waals surface area contributed by atoms with Gasteiger partial charge in [0.05, 0.1) is 11.4 Å². The zero-order chi connectivity index (χ0) is 21.8. The number of nitrogens with one attached hydrogen (secondary N) is 1. The second-order valence-electron chi connectivity index (χ2n) is 9.08. The van der Waals surface area contributed by atoms with Crippen LogP contribution in [0, 0.1) is 5.92 Å². The molecule has 0 spiro atoms. The second-order valence-corrected chi connectivity index (χ2v) is 10.2. The monoisotopic (exact) mass is 473 g/mol. The molecule has 4 nitrogen and oxygen atoms in total. The van der Waals surface area contributed by atoms with E-state index in [0.29, 0.717) is 12.0 Å². The van der Waals surface area contributed by atoms with E-state index < -0.39 is 0 Å². The molecule has 2 aliphatic heterocycles.